The van der Waals surface area contributed by atoms with Crippen molar-refractivity contribution in [2.75, 3.05) is 24.6 Å². The van der Waals surface area contributed by atoms with Crippen LogP contribution >= 0.6 is 0 Å². The lowest BCUT2D eigenvalue weighted by Crippen LogP contribution is -2.42. The van der Waals surface area contributed by atoms with Gasteiger partial charge in [-0.1, -0.05) is 6.92 Å². The molecule has 0 aromatic heterocycles. The number of aliphatic hydroxyl groups excluding tert-OH is 1. The fourth-order valence-electron chi connectivity index (χ4n) is 2.76. The number of nitrogens with zero attached hydrogens (tertiary/aromatic N) is 1. The molecule has 7 heteroatoms. The average Bonchev–Trinajstić information content (AvgIpc) is 2.66. The van der Waals surface area contributed by atoms with Crippen LogP contribution in [0.2, 0.25) is 0 Å². The Kier molecular flexibility index (Phi) is 3.17. The highest BCUT2D eigenvalue weighted by atomic mass is 32.2. The summed E-state index contributed by atoms with van der Waals surface area (Å²) >= 11 is 0. The van der Waals surface area contributed by atoms with Crippen molar-refractivity contribution < 1.29 is 23.4 Å². The van der Waals surface area contributed by atoms with Crippen LogP contribution < -0.4 is 0 Å². The normalized spacial score (nSPS) is 41.8. The number of likely N-dealkylation sites (tertiary alicyclic amines) is 1. The standard InChI is InChI=1S/C10H17NO5S/c1-6-2-11(3-7(6)10(13)14)8-4-17(15,16)5-9(8)12/h6-9,12H,2-5H2,1H3,(H,13,14)/t6-,7-,8?,9?/m1/s1. The summed E-state index contributed by atoms with van der Waals surface area (Å²) in [5, 5.41) is 18.7. The minimum Gasteiger partial charge on any atom is -0.481 e. The van der Waals surface area contributed by atoms with Crippen LogP contribution in [0.5, 0.6) is 0 Å². The first-order chi connectivity index (χ1) is 7.80. The molecule has 2 unspecified atom stereocenters. The lowest BCUT2D eigenvalue weighted by atomic mass is 9.99. The Balaban J connectivity index is 2.09. The topological polar surface area (TPSA) is 94.9 Å². The van der Waals surface area contributed by atoms with Crippen LogP contribution in [0.25, 0.3) is 0 Å². The third kappa shape index (κ3) is 2.46. The van der Waals surface area contributed by atoms with Gasteiger partial charge in [-0.25, -0.2) is 8.42 Å². The molecular weight excluding hydrogens is 246 g/mol. The van der Waals surface area contributed by atoms with Crippen molar-refractivity contribution in [2.24, 2.45) is 11.8 Å². The first kappa shape index (κ1) is 12.8. The molecule has 17 heavy (non-hydrogen) atoms. The number of carboxylic acids is 1. The molecule has 2 saturated heterocycles. The van der Waals surface area contributed by atoms with Crippen LogP contribution in [0.1, 0.15) is 6.92 Å². The van der Waals surface area contributed by atoms with Crippen LogP contribution in [-0.2, 0) is 14.6 Å². The lowest BCUT2D eigenvalue weighted by Gasteiger charge is -2.25. The van der Waals surface area contributed by atoms with E-state index in [1.165, 1.54) is 0 Å². The number of sulfone groups is 1. The van der Waals surface area contributed by atoms with E-state index in [-0.39, 0.29) is 17.4 Å². The first-order valence-electron chi connectivity index (χ1n) is 5.65. The van der Waals surface area contributed by atoms with Crippen molar-refractivity contribution in [1.82, 2.24) is 4.90 Å². The number of carboxylic acid groups (broad SMARTS) is 1. The highest BCUT2D eigenvalue weighted by Gasteiger charge is 2.45. The van der Waals surface area contributed by atoms with Crippen molar-refractivity contribution in [2.45, 2.75) is 19.1 Å². The maximum absolute atomic E-state index is 11.4. The van der Waals surface area contributed by atoms with Gasteiger partial charge in [0.2, 0.25) is 0 Å². The van der Waals surface area contributed by atoms with Gasteiger partial charge < -0.3 is 10.2 Å². The molecule has 4 atom stereocenters. The predicted octanol–water partition coefficient (Wildman–Crippen LogP) is -1.20. The Morgan fingerprint density at radius 1 is 1.29 bits per heavy atom. The van der Waals surface area contributed by atoms with Crippen LogP contribution in [-0.4, -0.2) is 66.2 Å². The summed E-state index contributed by atoms with van der Waals surface area (Å²) in [6.07, 6.45) is -0.889. The Morgan fingerprint density at radius 3 is 2.35 bits per heavy atom. The maximum Gasteiger partial charge on any atom is 0.308 e. The predicted molar refractivity (Wildman–Crippen MR) is 60.3 cm³/mol. The van der Waals surface area contributed by atoms with E-state index in [1.807, 2.05) is 6.92 Å². The van der Waals surface area contributed by atoms with E-state index >= 15 is 0 Å². The fraction of sp³-hybridized carbons (Fsp3) is 0.900. The van der Waals surface area contributed by atoms with Crippen molar-refractivity contribution in [3.63, 3.8) is 0 Å². The van der Waals surface area contributed by atoms with Crippen molar-refractivity contribution in [1.29, 1.82) is 0 Å². The molecule has 0 aliphatic carbocycles. The monoisotopic (exact) mass is 263 g/mol. The second-order valence-corrected chi connectivity index (χ2v) is 7.24. The van der Waals surface area contributed by atoms with Crippen molar-refractivity contribution in [3.05, 3.63) is 0 Å². The Morgan fingerprint density at radius 2 is 1.94 bits per heavy atom. The molecule has 0 amide bonds. The van der Waals surface area contributed by atoms with Crippen molar-refractivity contribution in [3.8, 4) is 0 Å². The Bertz CT molecular complexity index is 420. The molecule has 6 nitrogen and oxygen atoms in total. The van der Waals surface area contributed by atoms with Gasteiger partial charge in [-0.3, -0.25) is 9.69 Å². The van der Waals surface area contributed by atoms with Gasteiger partial charge >= 0.3 is 5.97 Å². The summed E-state index contributed by atoms with van der Waals surface area (Å²) in [7, 11) is -3.18. The minimum absolute atomic E-state index is 0.0111. The summed E-state index contributed by atoms with van der Waals surface area (Å²) in [6, 6.07) is -0.438. The smallest absolute Gasteiger partial charge is 0.308 e. The molecule has 2 N–H and O–H groups in total. The van der Waals surface area contributed by atoms with E-state index in [0.29, 0.717) is 13.1 Å². The SMILES string of the molecule is C[C@@H]1CN(C2CS(=O)(=O)CC2O)C[C@H]1C(=O)O. The zero-order valence-electron chi connectivity index (χ0n) is 9.61. The molecule has 0 aromatic carbocycles. The van der Waals surface area contributed by atoms with E-state index in [4.69, 9.17) is 5.11 Å². The van der Waals surface area contributed by atoms with E-state index in [9.17, 15) is 18.3 Å². The highest BCUT2D eigenvalue weighted by molar-refractivity contribution is 7.91. The van der Waals surface area contributed by atoms with Crippen LogP contribution in [0.15, 0.2) is 0 Å². The fourth-order valence-corrected chi connectivity index (χ4v) is 4.59. The molecule has 98 valence electrons. The zero-order chi connectivity index (χ0) is 12.8. The molecule has 2 aliphatic rings. The molecule has 2 fully saturated rings. The summed E-state index contributed by atoms with van der Waals surface area (Å²) in [6.45, 7) is 2.70. The van der Waals surface area contributed by atoms with E-state index < -0.39 is 33.9 Å². The zero-order valence-corrected chi connectivity index (χ0v) is 10.4. The minimum atomic E-state index is -3.18. The Hall–Kier alpha value is -0.660. The van der Waals surface area contributed by atoms with Gasteiger partial charge in [0.05, 0.1) is 29.6 Å². The van der Waals surface area contributed by atoms with Gasteiger partial charge in [-0.15, -0.1) is 0 Å². The first-order valence-corrected chi connectivity index (χ1v) is 7.47. The Labute approximate surface area is 100 Å². The third-order valence-electron chi connectivity index (χ3n) is 3.72. The average molecular weight is 263 g/mol. The number of aliphatic carboxylic acids is 1. The summed E-state index contributed by atoms with van der Waals surface area (Å²) in [5.41, 5.74) is 0. The third-order valence-corrected chi connectivity index (χ3v) is 5.42. The van der Waals surface area contributed by atoms with Gasteiger partial charge in [-0.05, 0) is 5.92 Å². The summed E-state index contributed by atoms with van der Waals surface area (Å²) in [5.74, 6) is -1.60. The van der Waals surface area contributed by atoms with Gasteiger partial charge in [0.25, 0.3) is 0 Å². The molecule has 0 bridgehead atoms. The largest absolute Gasteiger partial charge is 0.481 e. The molecular formula is C10H17NO5S. The number of rotatable bonds is 2. The molecule has 2 heterocycles. The van der Waals surface area contributed by atoms with E-state index in [0.717, 1.165) is 0 Å². The second-order valence-electron chi connectivity index (χ2n) is 5.09. The lowest BCUT2D eigenvalue weighted by molar-refractivity contribution is -0.142. The quantitative estimate of drug-likeness (QED) is 0.649. The van der Waals surface area contributed by atoms with Crippen LogP contribution in [0.3, 0.4) is 0 Å². The van der Waals surface area contributed by atoms with Gasteiger partial charge in [0, 0.05) is 13.1 Å². The molecule has 0 saturated carbocycles. The molecule has 2 rings (SSSR count). The van der Waals surface area contributed by atoms with Crippen LogP contribution in [0, 0.1) is 11.8 Å². The summed E-state index contributed by atoms with van der Waals surface area (Å²) in [4.78, 5) is 12.8. The second kappa shape index (κ2) is 4.22. The summed E-state index contributed by atoms with van der Waals surface area (Å²) < 4.78 is 22.8. The van der Waals surface area contributed by atoms with E-state index in [1.54, 1.807) is 4.90 Å². The van der Waals surface area contributed by atoms with Gasteiger partial charge in [0.1, 0.15) is 0 Å². The van der Waals surface area contributed by atoms with Crippen LogP contribution in [0.4, 0.5) is 0 Å². The van der Waals surface area contributed by atoms with Crippen molar-refractivity contribution >= 4 is 15.8 Å². The number of aliphatic hydroxyl groups is 1. The number of carbonyl (C=O) groups is 1. The maximum atomic E-state index is 11.4. The molecule has 0 spiro atoms. The number of hydrogen-bond donors (Lipinski definition) is 2. The molecule has 0 aromatic rings. The van der Waals surface area contributed by atoms with Gasteiger partial charge in [-0.2, -0.15) is 0 Å². The number of hydrogen-bond acceptors (Lipinski definition) is 5. The van der Waals surface area contributed by atoms with E-state index in [2.05, 4.69) is 0 Å². The molecule has 0 radical (unpaired) electrons. The van der Waals surface area contributed by atoms with Gasteiger partial charge in [0.15, 0.2) is 9.84 Å². The molecule has 2 aliphatic heterocycles. The highest BCUT2D eigenvalue weighted by Crippen LogP contribution is 2.29.